The molecular weight excluding hydrogens is 406 g/mol. The van der Waals surface area contributed by atoms with Crippen LogP contribution in [0.25, 0.3) is 11.3 Å². The van der Waals surface area contributed by atoms with E-state index in [9.17, 15) is 4.79 Å². The predicted octanol–water partition coefficient (Wildman–Crippen LogP) is 2.65. The van der Waals surface area contributed by atoms with Crippen molar-refractivity contribution in [3.8, 4) is 22.8 Å². The first-order valence-corrected chi connectivity index (χ1v) is 11.0. The number of carbonyl (C=O) groups is 1. The summed E-state index contributed by atoms with van der Waals surface area (Å²) in [4.78, 5) is 19.3. The molecule has 0 bridgehead atoms. The highest BCUT2D eigenvalue weighted by atomic mass is 16.6. The normalized spacial score (nSPS) is 16.7. The van der Waals surface area contributed by atoms with Crippen LogP contribution in [0.15, 0.2) is 48.8 Å². The van der Waals surface area contributed by atoms with Crippen LogP contribution in [0.2, 0.25) is 0 Å². The average molecular weight is 434 g/mol. The zero-order valence-electron chi connectivity index (χ0n) is 18.2. The van der Waals surface area contributed by atoms with Crippen LogP contribution in [0.5, 0.6) is 11.5 Å². The van der Waals surface area contributed by atoms with E-state index in [1.807, 2.05) is 30.1 Å². The Balaban J connectivity index is 1.15. The van der Waals surface area contributed by atoms with Gasteiger partial charge in [0.25, 0.3) is 5.91 Å². The minimum Gasteiger partial charge on any atom is -0.486 e. The van der Waals surface area contributed by atoms with Crippen molar-refractivity contribution in [1.29, 1.82) is 0 Å². The molecule has 0 spiro atoms. The molecule has 1 N–H and O–H groups in total. The molecule has 0 unspecified atom stereocenters. The van der Waals surface area contributed by atoms with Gasteiger partial charge < -0.3 is 14.8 Å². The minimum absolute atomic E-state index is 0.0619. The smallest absolute Gasteiger partial charge is 0.251 e. The van der Waals surface area contributed by atoms with E-state index >= 15 is 0 Å². The van der Waals surface area contributed by atoms with Crippen LogP contribution in [0.3, 0.4) is 0 Å². The highest BCUT2D eigenvalue weighted by Crippen LogP contribution is 2.30. The first kappa shape index (κ1) is 20.5. The standard InChI is InChI=1S/C24H27N5O3/c1-28-20(14-21(27-28)18-3-2-8-25-15-18)16-29-9-6-19(7-10-29)26-24(30)17-4-5-22-23(13-17)32-12-11-31-22/h2-5,8,13-15,19H,6-7,9-12,16H2,1H3,(H,26,30). The Morgan fingerprint density at radius 3 is 2.72 bits per heavy atom. The van der Waals surface area contributed by atoms with Gasteiger partial charge in [-0.25, -0.2) is 0 Å². The molecule has 3 aromatic rings. The maximum atomic E-state index is 12.7. The van der Waals surface area contributed by atoms with Gasteiger partial charge in [0, 0.05) is 56.2 Å². The molecule has 4 heterocycles. The van der Waals surface area contributed by atoms with Crippen LogP contribution in [-0.4, -0.2) is 57.9 Å². The lowest BCUT2D eigenvalue weighted by Crippen LogP contribution is -2.44. The molecule has 166 valence electrons. The number of hydrogen-bond acceptors (Lipinski definition) is 6. The Labute approximate surface area is 187 Å². The third kappa shape index (κ3) is 4.45. The van der Waals surface area contributed by atoms with Crippen LogP contribution in [0, 0.1) is 0 Å². The lowest BCUT2D eigenvalue weighted by Gasteiger charge is -2.32. The SMILES string of the molecule is Cn1nc(-c2cccnc2)cc1CN1CCC(NC(=O)c2ccc3c(c2)OCCO3)CC1. The summed E-state index contributed by atoms with van der Waals surface area (Å²) in [6, 6.07) is 11.6. The highest BCUT2D eigenvalue weighted by molar-refractivity contribution is 5.95. The molecule has 5 rings (SSSR count). The quantitative estimate of drug-likeness (QED) is 0.666. The number of fused-ring (bicyclic) bond motifs is 1. The first-order chi connectivity index (χ1) is 15.7. The van der Waals surface area contributed by atoms with Crippen molar-refractivity contribution in [2.45, 2.75) is 25.4 Å². The number of amides is 1. The summed E-state index contributed by atoms with van der Waals surface area (Å²) < 4.78 is 13.1. The van der Waals surface area contributed by atoms with Crippen LogP contribution < -0.4 is 14.8 Å². The number of carbonyl (C=O) groups excluding carboxylic acids is 1. The number of likely N-dealkylation sites (tertiary alicyclic amines) is 1. The number of nitrogens with one attached hydrogen (secondary N) is 1. The van der Waals surface area contributed by atoms with Gasteiger partial charge in [-0.3, -0.25) is 19.4 Å². The van der Waals surface area contributed by atoms with Crippen LogP contribution >= 0.6 is 0 Å². The fraction of sp³-hybridized carbons (Fsp3) is 0.375. The van der Waals surface area contributed by atoms with Gasteiger partial charge in [0.2, 0.25) is 0 Å². The third-order valence-corrected chi connectivity index (χ3v) is 6.05. The summed E-state index contributed by atoms with van der Waals surface area (Å²) in [5, 5.41) is 7.82. The molecule has 2 aliphatic rings. The Morgan fingerprint density at radius 1 is 1.12 bits per heavy atom. The van der Waals surface area contributed by atoms with Gasteiger partial charge in [0.05, 0.1) is 11.4 Å². The second kappa shape index (κ2) is 9.00. The molecule has 1 fully saturated rings. The highest BCUT2D eigenvalue weighted by Gasteiger charge is 2.23. The number of aryl methyl sites for hydroxylation is 1. The molecule has 1 aromatic carbocycles. The van der Waals surface area contributed by atoms with Crippen molar-refractivity contribution in [3.63, 3.8) is 0 Å². The molecule has 0 saturated carbocycles. The lowest BCUT2D eigenvalue weighted by atomic mass is 10.0. The molecule has 1 saturated heterocycles. The van der Waals surface area contributed by atoms with E-state index in [2.05, 4.69) is 26.4 Å². The first-order valence-electron chi connectivity index (χ1n) is 11.0. The summed E-state index contributed by atoms with van der Waals surface area (Å²) in [6.45, 7) is 3.75. The molecular formula is C24H27N5O3. The van der Waals surface area contributed by atoms with E-state index < -0.39 is 0 Å². The van der Waals surface area contributed by atoms with Gasteiger partial charge in [-0.05, 0) is 49.2 Å². The Hall–Kier alpha value is -3.39. The zero-order chi connectivity index (χ0) is 21.9. The molecule has 8 nitrogen and oxygen atoms in total. The fourth-order valence-corrected chi connectivity index (χ4v) is 4.23. The number of pyridine rings is 1. The van der Waals surface area contributed by atoms with Crippen molar-refractivity contribution in [2.24, 2.45) is 7.05 Å². The van der Waals surface area contributed by atoms with Crippen LogP contribution in [0.1, 0.15) is 28.9 Å². The number of piperidine rings is 1. The van der Waals surface area contributed by atoms with Crippen LogP contribution in [0.4, 0.5) is 0 Å². The Bertz CT molecular complexity index is 1090. The molecule has 0 aliphatic carbocycles. The van der Waals surface area contributed by atoms with Gasteiger partial charge in [-0.2, -0.15) is 5.10 Å². The molecule has 32 heavy (non-hydrogen) atoms. The number of benzene rings is 1. The van der Waals surface area contributed by atoms with Gasteiger partial charge in [0.15, 0.2) is 11.5 Å². The molecule has 8 heteroatoms. The number of rotatable bonds is 5. The second-order valence-corrected chi connectivity index (χ2v) is 8.27. The van der Waals surface area contributed by atoms with Gasteiger partial charge >= 0.3 is 0 Å². The maximum Gasteiger partial charge on any atom is 0.251 e. The van der Waals surface area contributed by atoms with Crippen molar-refractivity contribution in [1.82, 2.24) is 25.0 Å². The van der Waals surface area contributed by atoms with Gasteiger partial charge in [-0.1, -0.05) is 0 Å². The summed E-state index contributed by atoms with van der Waals surface area (Å²) in [7, 11) is 1.98. The fourth-order valence-electron chi connectivity index (χ4n) is 4.23. The summed E-state index contributed by atoms with van der Waals surface area (Å²) >= 11 is 0. The zero-order valence-corrected chi connectivity index (χ0v) is 18.2. The molecule has 2 aromatic heterocycles. The predicted molar refractivity (Wildman–Crippen MR) is 120 cm³/mol. The van der Waals surface area contributed by atoms with Crippen molar-refractivity contribution in [3.05, 3.63) is 60.0 Å². The van der Waals surface area contributed by atoms with E-state index in [0.29, 0.717) is 30.3 Å². The number of nitrogens with zero attached hydrogens (tertiary/aromatic N) is 4. The van der Waals surface area contributed by atoms with E-state index in [-0.39, 0.29) is 11.9 Å². The average Bonchev–Trinajstić information content (AvgIpc) is 3.20. The molecule has 1 amide bonds. The minimum atomic E-state index is -0.0619. The van der Waals surface area contributed by atoms with Crippen molar-refractivity contribution >= 4 is 5.91 Å². The van der Waals surface area contributed by atoms with E-state index in [0.717, 1.165) is 43.7 Å². The van der Waals surface area contributed by atoms with E-state index in [1.54, 1.807) is 24.4 Å². The molecule has 2 aliphatic heterocycles. The summed E-state index contributed by atoms with van der Waals surface area (Å²) in [6.07, 6.45) is 5.44. The van der Waals surface area contributed by atoms with E-state index in [4.69, 9.17) is 9.47 Å². The van der Waals surface area contributed by atoms with Gasteiger partial charge in [0.1, 0.15) is 13.2 Å². The third-order valence-electron chi connectivity index (χ3n) is 6.05. The maximum absolute atomic E-state index is 12.7. The largest absolute Gasteiger partial charge is 0.486 e. The van der Waals surface area contributed by atoms with Crippen LogP contribution in [-0.2, 0) is 13.6 Å². The van der Waals surface area contributed by atoms with E-state index in [1.165, 1.54) is 5.69 Å². The lowest BCUT2D eigenvalue weighted by molar-refractivity contribution is 0.0907. The van der Waals surface area contributed by atoms with Gasteiger partial charge in [-0.15, -0.1) is 0 Å². The topological polar surface area (TPSA) is 81.5 Å². The molecule has 0 atom stereocenters. The Kier molecular flexibility index (Phi) is 5.77. The summed E-state index contributed by atoms with van der Waals surface area (Å²) in [5.41, 5.74) is 3.74. The number of ether oxygens (including phenoxy) is 2. The summed E-state index contributed by atoms with van der Waals surface area (Å²) in [5.74, 6) is 1.27. The second-order valence-electron chi connectivity index (χ2n) is 8.27. The number of hydrogen-bond donors (Lipinski definition) is 1. The van der Waals surface area contributed by atoms with Crippen molar-refractivity contribution in [2.75, 3.05) is 26.3 Å². The monoisotopic (exact) mass is 433 g/mol. The van der Waals surface area contributed by atoms with Crippen molar-refractivity contribution < 1.29 is 14.3 Å². The Morgan fingerprint density at radius 2 is 1.94 bits per heavy atom. The molecule has 0 radical (unpaired) electrons. The number of aromatic nitrogens is 3.